The minimum absolute atomic E-state index is 0.0139. The number of nitrogens with one attached hydrogen (secondary N) is 2. The Bertz CT molecular complexity index is 925. The Morgan fingerprint density at radius 2 is 1.71 bits per heavy atom. The van der Waals surface area contributed by atoms with Gasteiger partial charge in [0.05, 0.1) is 6.54 Å². The van der Waals surface area contributed by atoms with Crippen LogP contribution in [0.1, 0.15) is 22.3 Å². The molecule has 3 amide bonds. The van der Waals surface area contributed by atoms with E-state index >= 15 is 0 Å². The van der Waals surface area contributed by atoms with Gasteiger partial charge in [0.15, 0.2) is 0 Å². The number of anilines is 1. The van der Waals surface area contributed by atoms with E-state index in [0.29, 0.717) is 37.4 Å². The monoisotopic (exact) mass is 426 g/mol. The normalized spacial score (nSPS) is 14.2. The lowest BCUT2D eigenvalue weighted by molar-refractivity contribution is -0.132. The van der Waals surface area contributed by atoms with Crippen LogP contribution in [-0.2, 0) is 9.59 Å². The number of benzene rings is 2. The molecule has 1 aliphatic rings. The van der Waals surface area contributed by atoms with Crippen LogP contribution in [0, 0.1) is 12.7 Å². The number of carbonyl (C=O) groups excluding carboxylic acids is 3. The highest BCUT2D eigenvalue weighted by molar-refractivity contribution is 5.94. The number of hydrogen-bond acceptors (Lipinski definition) is 4. The van der Waals surface area contributed by atoms with Gasteiger partial charge in [0.25, 0.3) is 5.91 Å². The van der Waals surface area contributed by atoms with Gasteiger partial charge in [0.1, 0.15) is 5.82 Å². The van der Waals surface area contributed by atoms with E-state index in [1.807, 2.05) is 30.0 Å². The number of hydrogen-bond donors (Lipinski definition) is 2. The second-order valence-corrected chi connectivity index (χ2v) is 7.59. The van der Waals surface area contributed by atoms with Crippen molar-refractivity contribution < 1.29 is 18.8 Å². The maximum Gasteiger partial charge on any atom is 0.251 e. The van der Waals surface area contributed by atoms with Crippen LogP contribution in [0.5, 0.6) is 0 Å². The summed E-state index contributed by atoms with van der Waals surface area (Å²) in [4.78, 5) is 40.5. The van der Waals surface area contributed by atoms with Crippen LogP contribution in [0.15, 0.2) is 48.5 Å². The highest BCUT2D eigenvalue weighted by Gasteiger charge is 2.22. The van der Waals surface area contributed by atoms with Crippen LogP contribution in [-0.4, -0.2) is 66.8 Å². The number of aryl methyl sites for hydroxylation is 1. The van der Waals surface area contributed by atoms with E-state index in [2.05, 4.69) is 10.6 Å². The minimum atomic E-state index is -0.353. The first-order chi connectivity index (χ1) is 14.9. The molecule has 164 valence electrons. The molecular weight excluding hydrogens is 399 g/mol. The van der Waals surface area contributed by atoms with E-state index in [4.69, 9.17) is 0 Å². The van der Waals surface area contributed by atoms with Gasteiger partial charge in [-0.3, -0.25) is 19.3 Å². The zero-order valence-electron chi connectivity index (χ0n) is 17.6. The van der Waals surface area contributed by atoms with E-state index in [1.165, 1.54) is 24.3 Å². The van der Waals surface area contributed by atoms with Crippen molar-refractivity contribution in [3.63, 3.8) is 0 Å². The molecule has 2 aromatic carbocycles. The minimum Gasteiger partial charge on any atom is -0.352 e. The van der Waals surface area contributed by atoms with Crippen LogP contribution >= 0.6 is 0 Å². The molecule has 0 bridgehead atoms. The molecule has 0 aliphatic carbocycles. The Morgan fingerprint density at radius 3 is 2.39 bits per heavy atom. The summed E-state index contributed by atoms with van der Waals surface area (Å²) in [6.45, 7) is 4.68. The van der Waals surface area contributed by atoms with Crippen LogP contribution in [0.2, 0.25) is 0 Å². The number of piperazine rings is 1. The van der Waals surface area contributed by atoms with Crippen LogP contribution < -0.4 is 10.6 Å². The molecule has 2 aromatic rings. The first kappa shape index (κ1) is 22.4. The summed E-state index contributed by atoms with van der Waals surface area (Å²) < 4.78 is 12.9. The highest BCUT2D eigenvalue weighted by Crippen LogP contribution is 2.09. The molecule has 7 nitrogen and oxygen atoms in total. The molecule has 1 aliphatic heterocycles. The SMILES string of the molecule is Cc1cccc(C(=O)NCCC(=O)N2CCN(CC(=O)Nc3ccc(F)cc3)CC2)c1. The zero-order valence-corrected chi connectivity index (χ0v) is 17.6. The Morgan fingerprint density at radius 1 is 1.00 bits per heavy atom. The van der Waals surface area contributed by atoms with E-state index in [9.17, 15) is 18.8 Å². The number of amides is 3. The third-order valence-corrected chi connectivity index (χ3v) is 5.12. The van der Waals surface area contributed by atoms with Gasteiger partial charge in [-0.05, 0) is 43.3 Å². The lowest BCUT2D eigenvalue weighted by Crippen LogP contribution is -2.50. The second kappa shape index (κ2) is 10.7. The van der Waals surface area contributed by atoms with Crippen molar-refractivity contribution in [2.75, 3.05) is 44.6 Å². The van der Waals surface area contributed by atoms with Crippen molar-refractivity contribution >= 4 is 23.4 Å². The third-order valence-electron chi connectivity index (χ3n) is 5.12. The molecule has 1 fully saturated rings. The van der Waals surface area contributed by atoms with Crippen molar-refractivity contribution in [1.82, 2.24) is 15.1 Å². The van der Waals surface area contributed by atoms with E-state index in [-0.39, 0.29) is 43.0 Å². The molecule has 0 radical (unpaired) electrons. The Hall–Kier alpha value is -3.26. The molecule has 0 aromatic heterocycles. The van der Waals surface area contributed by atoms with Gasteiger partial charge in [0, 0.05) is 50.4 Å². The van der Waals surface area contributed by atoms with E-state index in [1.54, 1.807) is 11.0 Å². The first-order valence-electron chi connectivity index (χ1n) is 10.3. The molecule has 8 heteroatoms. The molecule has 3 rings (SSSR count). The summed E-state index contributed by atoms with van der Waals surface area (Å²) >= 11 is 0. The molecular formula is C23H27FN4O3. The van der Waals surface area contributed by atoms with Gasteiger partial charge in [-0.15, -0.1) is 0 Å². The third kappa shape index (κ3) is 6.89. The highest BCUT2D eigenvalue weighted by atomic mass is 19.1. The van der Waals surface area contributed by atoms with E-state index < -0.39 is 0 Å². The molecule has 1 saturated heterocycles. The average molecular weight is 426 g/mol. The molecule has 0 atom stereocenters. The van der Waals surface area contributed by atoms with Gasteiger partial charge < -0.3 is 15.5 Å². The van der Waals surface area contributed by atoms with Crippen molar-refractivity contribution in [2.45, 2.75) is 13.3 Å². The van der Waals surface area contributed by atoms with Crippen molar-refractivity contribution in [3.8, 4) is 0 Å². The molecule has 31 heavy (non-hydrogen) atoms. The molecule has 0 saturated carbocycles. The fraction of sp³-hybridized carbons (Fsp3) is 0.348. The largest absolute Gasteiger partial charge is 0.352 e. The number of nitrogens with zero attached hydrogens (tertiary/aromatic N) is 2. The summed E-state index contributed by atoms with van der Waals surface area (Å²) in [6.07, 6.45) is 0.239. The predicted octanol–water partition coefficient (Wildman–Crippen LogP) is 2.04. The molecule has 2 N–H and O–H groups in total. The van der Waals surface area contributed by atoms with Crippen molar-refractivity contribution in [2.24, 2.45) is 0 Å². The van der Waals surface area contributed by atoms with Crippen molar-refractivity contribution in [1.29, 1.82) is 0 Å². The van der Waals surface area contributed by atoms with Gasteiger partial charge in [-0.1, -0.05) is 17.7 Å². The van der Waals surface area contributed by atoms with Crippen molar-refractivity contribution in [3.05, 3.63) is 65.5 Å². The fourth-order valence-electron chi connectivity index (χ4n) is 3.42. The second-order valence-electron chi connectivity index (χ2n) is 7.59. The number of halogens is 1. The van der Waals surface area contributed by atoms with Gasteiger partial charge >= 0.3 is 0 Å². The molecule has 0 spiro atoms. The fourth-order valence-corrected chi connectivity index (χ4v) is 3.42. The van der Waals surface area contributed by atoms with Gasteiger partial charge in [0.2, 0.25) is 11.8 Å². The lowest BCUT2D eigenvalue weighted by Gasteiger charge is -2.34. The number of rotatable bonds is 7. The van der Waals surface area contributed by atoms with Gasteiger partial charge in [-0.25, -0.2) is 4.39 Å². The smallest absolute Gasteiger partial charge is 0.251 e. The summed E-state index contributed by atoms with van der Waals surface area (Å²) in [5.41, 5.74) is 2.14. The lowest BCUT2D eigenvalue weighted by atomic mass is 10.1. The summed E-state index contributed by atoms with van der Waals surface area (Å²) in [7, 11) is 0. The maximum absolute atomic E-state index is 12.9. The van der Waals surface area contributed by atoms with Crippen LogP contribution in [0.25, 0.3) is 0 Å². The Balaban J connectivity index is 1.35. The van der Waals surface area contributed by atoms with Gasteiger partial charge in [-0.2, -0.15) is 0 Å². The predicted molar refractivity (Wildman–Crippen MR) is 116 cm³/mol. The van der Waals surface area contributed by atoms with E-state index in [0.717, 1.165) is 5.56 Å². The maximum atomic E-state index is 12.9. The summed E-state index contributed by atoms with van der Waals surface area (Å²) in [6, 6.07) is 12.9. The molecule has 0 unspecified atom stereocenters. The average Bonchev–Trinajstić information content (AvgIpc) is 2.75. The molecule has 1 heterocycles. The van der Waals surface area contributed by atoms with Crippen LogP contribution in [0.4, 0.5) is 10.1 Å². The quantitative estimate of drug-likeness (QED) is 0.710. The summed E-state index contributed by atoms with van der Waals surface area (Å²) in [5.74, 6) is -0.729. The van der Waals surface area contributed by atoms with Crippen LogP contribution in [0.3, 0.4) is 0 Å². The number of carbonyl (C=O) groups is 3. The zero-order chi connectivity index (χ0) is 22.2. The topological polar surface area (TPSA) is 81.8 Å². The summed E-state index contributed by atoms with van der Waals surface area (Å²) in [5, 5.41) is 5.52. The standard InChI is InChI=1S/C23H27FN4O3/c1-17-3-2-4-18(15-17)23(31)25-10-9-22(30)28-13-11-27(12-14-28)16-21(29)26-20-7-5-19(24)6-8-20/h2-8,15H,9-14,16H2,1H3,(H,25,31)(H,26,29). The Labute approximate surface area is 181 Å². The first-order valence-corrected chi connectivity index (χ1v) is 10.3. The Kier molecular flexibility index (Phi) is 7.72.